The third-order valence-electron chi connectivity index (χ3n) is 4.76. The summed E-state index contributed by atoms with van der Waals surface area (Å²) in [5.74, 6) is -2.07. The van der Waals surface area contributed by atoms with Gasteiger partial charge in [-0.1, -0.05) is 6.07 Å². The number of fused-ring (bicyclic) bond motifs is 1. The van der Waals surface area contributed by atoms with Crippen molar-refractivity contribution in [3.63, 3.8) is 0 Å². The Morgan fingerprint density at radius 1 is 1.10 bits per heavy atom. The predicted octanol–water partition coefficient (Wildman–Crippen LogP) is 3.05. The Balaban J connectivity index is 1.60. The largest absolute Gasteiger partial charge is 0.486 e. The molecule has 2 heterocycles. The Bertz CT molecular complexity index is 1260. The second-order valence-corrected chi connectivity index (χ2v) is 7.39. The lowest BCUT2D eigenvalue weighted by atomic mass is 10.1. The van der Waals surface area contributed by atoms with Gasteiger partial charge >= 0.3 is 0 Å². The Morgan fingerprint density at radius 2 is 1.87 bits per heavy atom. The van der Waals surface area contributed by atoms with Crippen molar-refractivity contribution in [3.05, 3.63) is 76.3 Å². The number of hydrogen-bond acceptors (Lipinski definition) is 5. The Kier molecular flexibility index (Phi) is 5.77. The highest BCUT2D eigenvalue weighted by atomic mass is 19.1. The second-order valence-electron chi connectivity index (χ2n) is 7.39. The van der Waals surface area contributed by atoms with Gasteiger partial charge in [0.1, 0.15) is 6.61 Å². The molecule has 0 spiro atoms. The third-order valence-corrected chi connectivity index (χ3v) is 4.76. The highest BCUT2D eigenvalue weighted by Crippen LogP contribution is 2.28. The molecular formula is C22H21F2N5O2. The van der Waals surface area contributed by atoms with Gasteiger partial charge in [0.2, 0.25) is 0 Å². The highest BCUT2D eigenvalue weighted by molar-refractivity contribution is 5.75. The summed E-state index contributed by atoms with van der Waals surface area (Å²) in [7, 11) is 3.68. The van der Waals surface area contributed by atoms with Gasteiger partial charge in [-0.15, -0.1) is 0 Å². The smallest absolute Gasteiger partial charge is 0.267 e. The van der Waals surface area contributed by atoms with Crippen LogP contribution in [0.15, 0.2) is 53.6 Å². The number of ether oxygens (including phenoxy) is 1. The SMILES string of the molecule is CN(C)CCOc1c(F)cc(-c2ccc(=O)n(Cc3ccc4[nH]cnc4c3)n2)cc1F. The van der Waals surface area contributed by atoms with E-state index in [1.807, 2.05) is 37.2 Å². The Hall–Kier alpha value is -3.59. The van der Waals surface area contributed by atoms with Crippen molar-refractivity contribution in [3.8, 4) is 17.0 Å². The fourth-order valence-electron chi connectivity index (χ4n) is 3.14. The summed E-state index contributed by atoms with van der Waals surface area (Å²) in [6.07, 6.45) is 1.59. The number of rotatable bonds is 7. The first-order valence-electron chi connectivity index (χ1n) is 9.68. The van der Waals surface area contributed by atoms with Gasteiger partial charge < -0.3 is 14.6 Å². The van der Waals surface area contributed by atoms with E-state index < -0.39 is 17.4 Å². The molecule has 0 saturated carbocycles. The summed E-state index contributed by atoms with van der Waals surface area (Å²) in [5.41, 5.74) is 2.65. The molecular weight excluding hydrogens is 404 g/mol. The van der Waals surface area contributed by atoms with E-state index in [0.29, 0.717) is 6.54 Å². The maximum Gasteiger partial charge on any atom is 0.267 e. The van der Waals surface area contributed by atoms with Crippen LogP contribution in [0.3, 0.4) is 0 Å². The number of aromatic nitrogens is 4. The van der Waals surface area contributed by atoms with E-state index in [2.05, 4.69) is 15.1 Å². The monoisotopic (exact) mass is 425 g/mol. The molecule has 0 fully saturated rings. The first-order chi connectivity index (χ1) is 14.9. The van der Waals surface area contributed by atoms with Crippen molar-refractivity contribution in [1.29, 1.82) is 0 Å². The summed E-state index contributed by atoms with van der Waals surface area (Å²) in [6.45, 7) is 0.882. The van der Waals surface area contributed by atoms with Gasteiger partial charge in [0.05, 0.1) is 29.6 Å². The summed E-state index contributed by atoms with van der Waals surface area (Å²) in [6, 6.07) is 10.7. The van der Waals surface area contributed by atoms with Crippen molar-refractivity contribution in [1.82, 2.24) is 24.6 Å². The predicted molar refractivity (Wildman–Crippen MR) is 113 cm³/mol. The average Bonchev–Trinajstić information content (AvgIpc) is 3.19. The fourth-order valence-corrected chi connectivity index (χ4v) is 3.14. The number of imidazole rings is 1. The van der Waals surface area contributed by atoms with Gasteiger partial charge in [0.15, 0.2) is 17.4 Å². The minimum absolute atomic E-state index is 0.156. The Morgan fingerprint density at radius 3 is 2.61 bits per heavy atom. The zero-order valence-corrected chi connectivity index (χ0v) is 17.1. The summed E-state index contributed by atoms with van der Waals surface area (Å²) < 4.78 is 35.5. The molecule has 7 nitrogen and oxygen atoms in total. The summed E-state index contributed by atoms with van der Waals surface area (Å²) in [5, 5.41) is 4.30. The molecule has 4 rings (SSSR count). The van der Waals surface area contributed by atoms with Crippen LogP contribution in [0.25, 0.3) is 22.3 Å². The molecule has 2 aromatic heterocycles. The number of nitrogens with one attached hydrogen (secondary N) is 1. The minimum atomic E-state index is -0.822. The number of nitrogens with zero attached hydrogens (tertiary/aromatic N) is 4. The van der Waals surface area contributed by atoms with Crippen LogP contribution in [0.4, 0.5) is 8.78 Å². The van der Waals surface area contributed by atoms with Crippen LogP contribution in [0.5, 0.6) is 5.75 Å². The van der Waals surface area contributed by atoms with Crippen LogP contribution in [-0.4, -0.2) is 51.9 Å². The molecule has 0 aliphatic heterocycles. The number of hydrogen-bond donors (Lipinski definition) is 1. The van der Waals surface area contributed by atoms with Crippen molar-refractivity contribution < 1.29 is 13.5 Å². The summed E-state index contributed by atoms with van der Waals surface area (Å²) in [4.78, 5) is 21.3. The lowest BCUT2D eigenvalue weighted by molar-refractivity contribution is 0.242. The van der Waals surface area contributed by atoms with E-state index in [4.69, 9.17) is 4.74 Å². The number of H-pyrrole nitrogens is 1. The number of likely N-dealkylation sites (N-methyl/N-ethyl adjacent to an activating group) is 1. The van der Waals surface area contributed by atoms with Gasteiger partial charge in [-0.25, -0.2) is 18.4 Å². The van der Waals surface area contributed by atoms with Crippen LogP contribution < -0.4 is 10.3 Å². The van der Waals surface area contributed by atoms with E-state index >= 15 is 0 Å². The van der Waals surface area contributed by atoms with Crippen LogP contribution in [-0.2, 0) is 6.54 Å². The van der Waals surface area contributed by atoms with Crippen molar-refractivity contribution in [2.45, 2.75) is 6.54 Å². The molecule has 0 unspecified atom stereocenters. The molecule has 0 aliphatic rings. The molecule has 1 N–H and O–H groups in total. The Labute approximate surface area is 176 Å². The van der Waals surface area contributed by atoms with E-state index in [-0.39, 0.29) is 30.0 Å². The lowest BCUT2D eigenvalue weighted by Gasteiger charge is -2.13. The molecule has 2 aromatic carbocycles. The van der Waals surface area contributed by atoms with E-state index in [1.165, 1.54) is 16.8 Å². The van der Waals surface area contributed by atoms with Crippen molar-refractivity contribution in [2.24, 2.45) is 0 Å². The molecule has 0 amide bonds. The molecule has 9 heteroatoms. The zero-order chi connectivity index (χ0) is 22.0. The molecule has 0 radical (unpaired) electrons. The van der Waals surface area contributed by atoms with Gasteiger partial charge in [0.25, 0.3) is 5.56 Å². The quantitative estimate of drug-likeness (QED) is 0.493. The van der Waals surface area contributed by atoms with Crippen molar-refractivity contribution >= 4 is 11.0 Å². The van der Waals surface area contributed by atoms with E-state index in [0.717, 1.165) is 28.7 Å². The highest BCUT2D eigenvalue weighted by Gasteiger charge is 2.15. The first-order valence-corrected chi connectivity index (χ1v) is 9.68. The third kappa shape index (κ3) is 4.61. The van der Waals surface area contributed by atoms with Gasteiger partial charge in [-0.05, 0) is 50.0 Å². The maximum atomic E-state index is 14.5. The number of halogens is 2. The van der Waals surface area contributed by atoms with Gasteiger partial charge in [-0.2, -0.15) is 5.10 Å². The summed E-state index contributed by atoms with van der Waals surface area (Å²) >= 11 is 0. The van der Waals surface area contributed by atoms with E-state index in [9.17, 15) is 13.6 Å². The normalized spacial score (nSPS) is 11.4. The van der Waals surface area contributed by atoms with E-state index in [1.54, 1.807) is 6.33 Å². The number of benzene rings is 2. The second kappa shape index (κ2) is 8.65. The van der Waals surface area contributed by atoms with Crippen LogP contribution in [0.2, 0.25) is 0 Å². The zero-order valence-electron chi connectivity index (χ0n) is 17.1. The lowest BCUT2D eigenvalue weighted by Crippen LogP contribution is -2.23. The van der Waals surface area contributed by atoms with Crippen LogP contribution in [0.1, 0.15) is 5.56 Å². The molecule has 0 saturated heterocycles. The fraction of sp³-hybridized carbons (Fsp3) is 0.227. The molecule has 0 atom stereocenters. The molecule has 0 aliphatic carbocycles. The van der Waals surface area contributed by atoms with Gasteiger partial charge in [-0.3, -0.25) is 4.79 Å². The average molecular weight is 425 g/mol. The maximum absolute atomic E-state index is 14.5. The van der Waals surface area contributed by atoms with Crippen LogP contribution in [0, 0.1) is 11.6 Å². The minimum Gasteiger partial charge on any atom is -0.486 e. The van der Waals surface area contributed by atoms with Crippen molar-refractivity contribution in [2.75, 3.05) is 27.2 Å². The standard InChI is InChI=1S/C22H21F2N5O2/c1-28(2)7-8-31-22-16(23)10-15(11-17(22)24)18-5-6-21(30)29(27-18)12-14-3-4-19-20(9-14)26-13-25-19/h3-6,9-11,13H,7-8,12H2,1-2H3,(H,25,26). The topological polar surface area (TPSA) is 76.0 Å². The molecule has 4 aromatic rings. The molecule has 0 bridgehead atoms. The van der Waals surface area contributed by atoms with Gasteiger partial charge in [0, 0.05) is 18.2 Å². The number of aromatic amines is 1. The molecule has 31 heavy (non-hydrogen) atoms. The van der Waals surface area contributed by atoms with Crippen LogP contribution >= 0.6 is 0 Å². The first kappa shape index (κ1) is 20.7. The molecule has 160 valence electrons.